The molecule has 0 saturated carbocycles. The fourth-order valence-electron chi connectivity index (χ4n) is 1.55. The number of aromatic nitrogens is 2. The van der Waals surface area contributed by atoms with Crippen molar-refractivity contribution in [3.05, 3.63) is 17.2 Å². The Balaban J connectivity index is 3.62. The van der Waals surface area contributed by atoms with E-state index in [0.717, 1.165) is 0 Å². The molecule has 1 rings (SSSR count). The minimum absolute atomic E-state index is 0.0765. The molecule has 0 bridgehead atoms. The maximum Gasteiger partial charge on any atom is 0.360 e. The summed E-state index contributed by atoms with van der Waals surface area (Å²) in [7, 11) is 1.26. The lowest BCUT2D eigenvalue weighted by Crippen LogP contribution is -2.24. The Morgan fingerprint density at radius 2 is 1.58 bits per heavy atom. The van der Waals surface area contributed by atoms with Crippen molar-refractivity contribution < 1.29 is 14.6 Å². The predicted molar refractivity (Wildman–Crippen MR) is 72.4 cm³/mol. The fourth-order valence-corrected chi connectivity index (χ4v) is 1.55. The van der Waals surface area contributed by atoms with Gasteiger partial charge < -0.3 is 9.84 Å². The molecule has 0 aromatic carbocycles. The van der Waals surface area contributed by atoms with Crippen LogP contribution in [-0.4, -0.2) is 28.2 Å². The van der Waals surface area contributed by atoms with Gasteiger partial charge in [-0.25, -0.2) is 14.8 Å². The van der Waals surface area contributed by atoms with Crippen LogP contribution in [0.25, 0.3) is 0 Å². The lowest BCUT2D eigenvalue weighted by Gasteiger charge is -2.24. The van der Waals surface area contributed by atoms with Crippen LogP contribution in [0, 0.1) is 0 Å². The van der Waals surface area contributed by atoms with Crippen molar-refractivity contribution in [3.8, 4) is 5.75 Å². The number of aromatic hydroxyl groups is 1. The highest BCUT2D eigenvalue weighted by atomic mass is 16.5. The van der Waals surface area contributed by atoms with Gasteiger partial charge in [0.25, 0.3) is 0 Å². The van der Waals surface area contributed by atoms with Crippen molar-refractivity contribution in [3.63, 3.8) is 0 Å². The Kier molecular flexibility index (Phi) is 3.89. The number of hydrogen-bond acceptors (Lipinski definition) is 5. The van der Waals surface area contributed by atoms with E-state index < -0.39 is 11.4 Å². The minimum atomic E-state index is -0.657. The van der Waals surface area contributed by atoms with Gasteiger partial charge in [0.05, 0.1) is 12.8 Å². The number of ether oxygens (including phenoxy) is 1. The van der Waals surface area contributed by atoms with Crippen molar-refractivity contribution in [2.75, 3.05) is 7.11 Å². The average Bonchev–Trinajstić information content (AvgIpc) is 2.25. The van der Waals surface area contributed by atoms with E-state index in [-0.39, 0.29) is 16.9 Å². The van der Waals surface area contributed by atoms with Crippen LogP contribution in [0.15, 0.2) is 0 Å². The van der Waals surface area contributed by atoms with Gasteiger partial charge in [-0.15, -0.1) is 0 Å². The van der Waals surface area contributed by atoms with E-state index >= 15 is 0 Å². The summed E-state index contributed by atoms with van der Waals surface area (Å²) in [5, 5.41) is 10.2. The molecular formula is C14H22N2O3. The SMILES string of the molecule is COC(=O)c1nc(C(C)(C)C)nc(C(C)(C)C)c1O. The first kappa shape index (κ1) is 15.4. The van der Waals surface area contributed by atoms with Crippen LogP contribution >= 0.6 is 0 Å². The summed E-state index contributed by atoms with van der Waals surface area (Å²) in [6, 6.07) is 0. The Morgan fingerprint density at radius 3 is 1.95 bits per heavy atom. The second kappa shape index (κ2) is 4.79. The van der Waals surface area contributed by atoms with Crippen LogP contribution in [0.3, 0.4) is 0 Å². The van der Waals surface area contributed by atoms with E-state index in [1.54, 1.807) is 0 Å². The monoisotopic (exact) mass is 266 g/mol. The van der Waals surface area contributed by atoms with Gasteiger partial charge in [0.1, 0.15) is 5.82 Å². The van der Waals surface area contributed by atoms with Crippen LogP contribution in [0.4, 0.5) is 0 Å². The van der Waals surface area contributed by atoms with Gasteiger partial charge in [0.2, 0.25) is 0 Å². The van der Waals surface area contributed by atoms with Crippen LogP contribution in [-0.2, 0) is 15.6 Å². The molecule has 0 aliphatic rings. The van der Waals surface area contributed by atoms with Gasteiger partial charge in [-0.3, -0.25) is 0 Å². The van der Waals surface area contributed by atoms with Crippen LogP contribution in [0.5, 0.6) is 5.75 Å². The zero-order chi connectivity index (χ0) is 15.0. The summed E-state index contributed by atoms with van der Waals surface area (Å²) in [4.78, 5) is 20.3. The van der Waals surface area contributed by atoms with E-state index in [9.17, 15) is 9.90 Å². The standard InChI is InChI=1S/C14H22N2O3/c1-13(2,3)10-9(17)8(11(18)19-7)15-12(16-10)14(4,5)6/h17H,1-7H3. The molecule has 0 atom stereocenters. The molecule has 1 heterocycles. The molecule has 0 unspecified atom stereocenters. The quantitative estimate of drug-likeness (QED) is 0.791. The van der Waals surface area contributed by atoms with E-state index in [4.69, 9.17) is 0 Å². The summed E-state index contributed by atoms with van der Waals surface area (Å²) in [6.07, 6.45) is 0. The first-order valence-corrected chi connectivity index (χ1v) is 6.18. The summed E-state index contributed by atoms with van der Waals surface area (Å²) in [6.45, 7) is 11.6. The number of hydrogen-bond donors (Lipinski definition) is 1. The molecule has 5 heteroatoms. The molecule has 1 N–H and O–H groups in total. The molecule has 5 nitrogen and oxygen atoms in total. The van der Waals surface area contributed by atoms with Gasteiger partial charge >= 0.3 is 5.97 Å². The predicted octanol–water partition coefficient (Wildman–Crippen LogP) is 2.56. The maximum atomic E-state index is 11.7. The zero-order valence-electron chi connectivity index (χ0n) is 12.7. The van der Waals surface area contributed by atoms with E-state index in [1.165, 1.54) is 7.11 Å². The number of methoxy groups -OCH3 is 1. The molecule has 106 valence electrons. The van der Waals surface area contributed by atoms with Gasteiger partial charge in [-0.1, -0.05) is 41.5 Å². The Hall–Kier alpha value is -1.65. The van der Waals surface area contributed by atoms with Gasteiger partial charge in [-0.2, -0.15) is 0 Å². The Bertz CT molecular complexity index is 497. The van der Waals surface area contributed by atoms with Crippen LogP contribution in [0.1, 0.15) is 63.5 Å². The van der Waals surface area contributed by atoms with E-state index in [1.807, 2.05) is 41.5 Å². The summed E-state index contributed by atoms with van der Waals surface area (Å²) < 4.78 is 4.66. The molecule has 19 heavy (non-hydrogen) atoms. The van der Waals surface area contributed by atoms with Gasteiger partial charge in [-0.05, 0) is 0 Å². The molecule has 0 spiro atoms. The Morgan fingerprint density at radius 1 is 1.05 bits per heavy atom. The van der Waals surface area contributed by atoms with Crippen molar-refractivity contribution in [2.24, 2.45) is 0 Å². The van der Waals surface area contributed by atoms with E-state index in [2.05, 4.69) is 14.7 Å². The number of carbonyl (C=O) groups excluding carboxylic acids is 1. The number of esters is 1. The molecule has 1 aromatic heterocycles. The number of rotatable bonds is 1. The fraction of sp³-hybridized carbons (Fsp3) is 0.643. The van der Waals surface area contributed by atoms with Crippen molar-refractivity contribution in [2.45, 2.75) is 52.4 Å². The van der Waals surface area contributed by atoms with Crippen molar-refractivity contribution in [1.82, 2.24) is 9.97 Å². The normalized spacial score (nSPS) is 12.4. The second-order valence-corrected chi connectivity index (χ2v) is 6.58. The first-order chi connectivity index (χ1) is 8.48. The number of nitrogens with zero attached hydrogens (tertiary/aromatic N) is 2. The molecule has 0 aliphatic carbocycles. The summed E-state index contributed by atoms with van der Waals surface area (Å²) in [5.74, 6) is -0.348. The highest BCUT2D eigenvalue weighted by Gasteiger charge is 2.30. The maximum absolute atomic E-state index is 11.7. The second-order valence-electron chi connectivity index (χ2n) is 6.58. The van der Waals surface area contributed by atoms with Gasteiger partial charge in [0.15, 0.2) is 11.4 Å². The molecule has 0 amide bonds. The molecule has 0 radical (unpaired) electrons. The largest absolute Gasteiger partial charge is 0.504 e. The lowest BCUT2D eigenvalue weighted by atomic mass is 9.89. The average molecular weight is 266 g/mol. The van der Waals surface area contributed by atoms with Crippen LogP contribution < -0.4 is 0 Å². The molecule has 0 fully saturated rings. The number of carbonyl (C=O) groups is 1. The molecular weight excluding hydrogens is 244 g/mol. The highest BCUT2D eigenvalue weighted by Crippen LogP contribution is 2.33. The molecule has 1 aromatic rings. The molecule has 0 aliphatic heterocycles. The third-order valence-electron chi connectivity index (χ3n) is 2.64. The summed E-state index contributed by atoms with van der Waals surface area (Å²) >= 11 is 0. The van der Waals surface area contributed by atoms with E-state index in [0.29, 0.717) is 11.5 Å². The first-order valence-electron chi connectivity index (χ1n) is 6.18. The minimum Gasteiger partial charge on any atom is -0.504 e. The third kappa shape index (κ3) is 3.22. The third-order valence-corrected chi connectivity index (χ3v) is 2.64. The van der Waals surface area contributed by atoms with Crippen LogP contribution in [0.2, 0.25) is 0 Å². The zero-order valence-corrected chi connectivity index (χ0v) is 12.7. The van der Waals surface area contributed by atoms with Crippen molar-refractivity contribution >= 4 is 5.97 Å². The molecule has 0 saturated heterocycles. The topological polar surface area (TPSA) is 72.3 Å². The van der Waals surface area contributed by atoms with Crippen molar-refractivity contribution in [1.29, 1.82) is 0 Å². The lowest BCUT2D eigenvalue weighted by molar-refractivity contribution is 0.0589. The van der Waals surface area contributed by atoms with Gasteiger partial charge in [0, 0.05) is 10.8 Å². The summed E-state index contributed by atoms with van der Waals surface area (Å²) in [5.41, 5.74) is -0.341. The smallest absolute Gasteiger partial charge is 0.360 e. The Labute approximate surface area is 114 Å². The highest BCUT2D eigenvalue weighted by molar-refractivity contribution is 5.90.